The lowest BCUT2D eigenvalue weighted by atomic mass is 10.0. The second-order valence-electron chi connectivity index (χ2n) is 7.35. The Morgan fingerprint density at radius 2 is 1.74 bits per heavy atom. The van der Waals surface area contributed by atoms with E-state index < -0.39 is 16.1 Å². The lowest BCUT2D eigenvalue weighted by molar-refractivity contribution is -0.126. The molecule has 0 aromatic heterocycles. The summed E-state index contributed by atoms with van der Waals surface area (Å²) in [6, 6.07) is 4.07. The highest BCUT2D eigenvalue weighted by Crippen LogP contribution is 2.25. The fraction of sp³-hybridized carbons (Fsp3) is 0.579. The van der Waals surface area contributed by atoms with Gasteiger partial charge in [0, 0.05) is 25.7 Å². The van der Waals surface area contributed by atoms with Crippen molar-refractivity contribution < 1.29 is 18.0 Å². The van der Waals surface area contributed by atoms with Crippen molar-refractivity contribution in [2.45, 2.75) is 57.9 Å². The third kappa shape index (κ3) is 5.29. The Labute approximate surface area is 161 Å². The van der Waals surface area contributed by atoms with Crippen molar-refractivity contribution in [2.24, 2.45) is 5.92 Å². The van der Waals surface area contributed by atoms with Gasteiger partial charge in [0.15, 0.2) is 0 Å². The predicted molar refractivity (Wildman–Crippen MR) is 105 cm³/mol. The van der Waals surface area contributed by atoms with Crippen molar-refractivity contribution >= 4 is 27.5 Å². The van der Waals surface area contributed by atoms with E-state index in [2.05, 4.69) is 10.6 Å². The lowest BCUT2D eigenvalue weighted by Gasteiger charge is -2.26. The Hall–Kier alpha value is -1.93. The average molecular weight is 396 g/mol. The SMILES string of the molecule is CC(=O)NC(C(=O)Nc1cc(S(=O)(=O)N2CCCCC2)ccc1C)C(C)C. The number of piperidine rings is 1. The van der Waals surface area contributed by atoms with E-state index in [-0.39, 0.29) is 22.6 Å². The molecule has 1 aromatic rings. The molecule has 1 aliphatic heterocycles. The molecule has 1 heterocycles. The molecule has 2 N–H and O–H groups in total. The van der Waals surface area contributed by atoms with Crippen LogP contribution in [0.1, 0.15) is 45.6 Å². The topological polar surface area (TPSA) is 95.6 Å². The smallest absolute Gasteiger partial charge is 0.247 e. The number of rotatable bonds is 6. The number of amides is 2. The van der Waals surface area contributed by atoms with Crippen LogP contribution in [-0.2, 0) is 19.6 Å². The number of hydrogen-bond donors (Lipinski definition) is 2. The van der Waals surface area contributed by atoms with E-state index in [1.54, 1.807) is 19.1 Å². The maximum Gasteiger partial charge on any atom is 0.247 e. The Morgan fingerprint density at radius 3 is 2.30 bits per heavy atom. The first-order chi connectivity index (χ1) is 12.6. The summed E-state index contributed by atoms with van der Waals surface area (Å²) in [4.78, 5) is 24.2. The molecule has 0 radical (unpaired) electrons. The molecule has 1 saturated heterocycles. The van der Waals surface area contributed by atoms with Gasteiger partial charge < -0.3 is 10.6 Å². The maximum absolute atomic E-state index is 12.9. The molecule has 1 fully saturated rings. The minimum absolute atomic E-state index is 0.102. The van der Waals surface area contributed by atoms with Gasteiger partial charge in [-0.3, -0.25) is 9.59 Å². The summed E-state index contributed by atoms with van der Waals surface area (Å²) in [6.45, 7) is 7.88. The van der Waals surface area contributed by atoms with E-state index in [1.807, 2.05) is 13.8 Å². The van der Waals surface area contributed by atoms with Crippen LogP contribution in [0.4, 0.5) is 5.69 Å². The first kappa shape index (κ1) is 21.4. The van der Waals surface area contributed by atoms with Crippen LogP contribution < -0.4 is 10.6 Å². The van der Waals surface area contributed by atoms with Gasteiger partial charge in [0.25, 0.3) is 0 Å². The second kappa shape index (κ2) is 8.84. The Balaban J connectivity index is 2.26. The minimum atomic E-state index is -3.58. The first-order valence-corrected chi connectivity index (χ1v) is 10.8. The quantitative estimate of drug-likeness (QED) is 0.772. The molecule has 0 saturated carbocycles. The first-order valence-electron chi connectivity index (χ1n) is 9.31. The number of benzene rings is 1. The number of anilines is 1. The Bertz CT molecular complexity index is 799. The maximum atomic E-state index is 12.9. The molecule has 0 bridgehead atoms. The molecule has 0 spiro atoms. The molecule has 1 aromatic carbocycles. The number of aryl methyl sites for hydroxylation is 1. The Kier molecular flexibility index (Phi) is 7.00. The summed E-state index contributed by atoms with van der Waals surface area (Å²) < 4.78 is 27.3. The van der Waals surface area contributed by atoms with Gasteiger partial charge in [-0.25, -0.2) is 8.42 Å². The molecule has 1 unspecified atom stereocenters. The van der Waals surface area contributed by atoms with Gasteiger partial charge in [0.1, 0.15) is 6.04 Å². The van der Waals surface area contributed by atoms with Crippen molar-refractivity contribution in [3.05, 3.63) is 23.8 Å². The van der Waals surface area contributed by atoms with Gasteiger partial charge in [-0.05, 0) is 43.4 Å². The van der Waals surface area contributed by atoms with Gasteiger partial charge in [-0.2, -0.15) is 4.31 Å². The summed E-state index contributed by atoms with van der Waals surface area (Å²) in [5, 5.41) is 5.41. The molecule has 2 amide bonds. The zero-order valence-corrected chi connectivity index (χ0v) is 17.2. The third-order valence-corrected chi connectivity index (χ3v) is 6.62. The molecule has 1 atom stereocenters. The highest BCUT2D eigenvalue weighted by Gasteiger charge is 2.27. The van der Waals surface area contributed by atoms with Crippen LogP contribution in [-0.4, -0.2) is 43.7 Å². The van der Waals surface area contributed by atoms with Gasteiger partial charge in [-0.15, -0.1) is 0 Å². The number of carbonyl (C=O) groups is 2. The van der Waals surface area contributed by atoms with Crippen molar-refractivity contribution in [1.29, 1.82) is 0 Å². The van der Waals surface area contributed by atoms with Crippen molar-refractivity contribution in [3.63, 3.8) is 0 Å². The number of carbonyl (C=O) groups excluding carboxylic acids is 2. The second-order valence-corrected chi connectivity index (χ2v) is 9.29. The zero-order chi connectivity index (χ0) is 20.2. The highest BCUT2D eigenvalue weighted by molar-refractivity contribution is 7.89. The van der Waals surface area contributed by atoms with E-state index in [0.29, 0.717) is 18.8 Å². The van der Waals surface area contributed by atoms with E-state index in [4.69, 9.17) is 0 Å². The lowest BCUT2D eigenvalue weighted by Crippen LogP contribution is -2.46. The summed E-state index contributed by atoms with van der Waals surface area (Å²) in [5.41, 5.74) is 1.19. The standard InChI is InChI=1S/C19H29N3O4S/c1-13(2)18(20-15(4)23)19(24)21-17-12-16(9-8-14(17)3)27(25,26)22-10-6-5-7-11-22/h8-9,12-13,18H,5-7,10-11H2,1-4H3,(H,20,23)(H,21,24). The summed E-state index contributed by atoms with van der Waals surface area (Å²) in [5.74, 6) is -0.757. The number of sulfonamides is 1. The molecule has 8 heteroatoms. The van der Waals surface area contributed by atoms with Gasteiger partial charge in [0.05, 0.1) is 4.90 Å². The molecule has 0 aliphatic carbocycles. The highest BCUT2D eigenvalue weighted by atomic mass is 32.2. The molecule has 27 heavy (non-hydrogen) atoms. The van der Waals surface area contributed by atoms with E-state index in [0.717, 1.165) is 24.8 Å². The van der Waals surface area contributed by atoms with Crippen LogP contribution in [0, 0.1) is 12.8 Å². The number of nitrogens with zero attached hydrogens (tertiary/aromatic N) is 1. The minimum Gasteiger partial charge on any atom is -0.344 e. The molecule has 2 rings (SSSR count). The van der Waals surface area contributed by atoms with Crippen molar-refractivity contribution in [2.75, 3.05) is 18.4 Å². The van der Waals surface area contributed by atoms with Gasteiger partial charge in [-0.1, -0.05) is 26.3 Å². The average Bonchev–Trinajstić information content (AvgIpc) is 2.61. The van der Waals surface area contributed by atoms with Gasteiger partial charge in [0.2, 0.25) is 21.8 Å². The Morgan fingerprint density at radius 1 is 1.11 bits per heavy atom. The molecule has 1 aliphatic rings. The van der Waals surface area contributed by atoms with E-state index in [1.165, 1.54) is 17.3 Å². The van der Waals surface area contributed by atoms with Gasteiger partial charge >= 0.3 is 0 Å². The molecular weight excluding hydrogens is 366 g/mol. The van der Waals surface area contributed by atoms with Crippen molar-refractivity contribution in [3.8, 4) is 0 Å². The molecular formula is C19H29N3O4S. The zero-order valence-electron chi connectivity index (χ0n) is 16.4. The van der Waals surface area contributed by atoms with E-state index in [9.17, 15) is 18.0 Å². The van der Waals surface area contributed by atoms with E-state index >= 15 is 0 Å². The summed E-state index contributed by atoms with van der Waals surface area (Å²) >= 11 is 0. The van der Waals surface area contributed by atoms with Crippen LogP contribution in [0.25, 0.3) is 0 Å². The van der Waals surface area contributed by atoms with Crippen LogP contribution in [0.2, 0.25) is 0 Å². The predicted octanol–water partition coefficient (Wildman–Crippen LogP) is 2.27. The largest absolute Gasteiger partial charge is 0.344 e. The van der Waals surface area contributed by atoms with Crippen LogP contribution >= 0.6 is 0 Å². The molecule has 150 valence electrons. The normalized spacial score (nSPS) is 16.8. The summed E-state index contributed by atoms with van der Waals surface area (Å²) in [6.07, 6.45) is 2.77. The van der Waals surface area contributed by atoms with Crippen LogP contribution in [0.3, 0.4) is 0 Å². The summed E-state index contributed by atoms with van der Waals surface area (Å²) in [7, 11) is -3.58. The molecule has 7 nitrogen and oxygen atoms in total. The third-order valence-electron chi connectivity index (χ3n) is 4.73. The van der Waals surface area contributed by atoms with Crippen molar-refractivity contribution in [1.82, 2.24) is 9.62 Å². The fourth-order valence-electron chi connectivity index (χ4n) is 3.11. The fourth-order valence-corrected chi connectivity index (χ4v) is 4.66. The van der Waals surface area contributed by atoms with Crippen LogP contribution in [0.15, 0.2) is 23.1 Å². The monoisotopic (exact) mass is 395 g/mol. The number of nitrogens with one attached hydrogen (secondary N) is 2. The number of hydrogen-bond acceptors (Lipinski definition) is 4. The van der Waals surface area contributed by atoms with Crippen LogP contribution in [0.5, 0.6) is 0 Å².